The zero-order valence-corrected chi connectivity index (χ0v) is 34.0. The zero-order valence-electron chi connectivity index (χ0n) is 33.1. The normalized spacial score (nSPS) is 13.4. The molecule has 0 aliphatic heterocycles. The second-order valence-corrected chi connectivity index (χ2v) is 15.7. The minimum absolute atomic E-state index is 0.0527. The summed E-state index contributed by atoms with van der Waals surface area (Å²) >= 11 is 0. The Morgan fingerprint density at radius 1 is 0.569 bits per heavy atom. The molecule has 0 saturated heterocycles. The van der Waals surface area contributed by atoms with Crippen molar-refractivity contribution in [2.45, 2.75) is 213 Å². The molecule has 0 bridgehead atoms. The molecule has 0 aromatic heterocycles. The molecule has 0 rings (SSSR count). The fourth-order valence-electron chi connectivity index (χ4n) is 5.99. The first-order chi connectivity index (χ1) is 24.8. The monoisotopic (exact) mass is 746 g/mol. The first kappa shape index (κ1) is 49.8. The molecule has 0 radical (unpaired) electrons. The number of unbranched alkanes of at least 4 members (excludes halogenated alkanes) is 25. The number of hydrogen-bond acceptors (Lipinski definition) is 8. The van der Waals surface area contributed by atoms with Gasteiger partial charge in [-0.05, 0) is 32.1 Å². The first-order valence-electron chi connectivity index (χ1n) is 21.2. The fraction of sp³-hybridized carbons (Fsp3) is 0.902. The Labute approximate surface area is 313 Å². The van der Waals surface area contributed by atoms with Gasteiger partial charge in [0.25, 0.3) is 0 Å². The molecule has 0 saturated carbocycles. The highest BCUT2D eigenvalue weighted by Gasteiger charge is 2.25. The van der Waals surface area contributed by atoms with Gasteiger partial charge >= 0.3 is 19.8 Å². The summed E-state index contributed by atoms with van der Waals surface area (Å²) in [5.41, 5.74) is 5.32. The Morgan fingerprint density at radius 2 is 0.980 bits per heavy atom. The summed E-state index contributed by atoms with van der Waals surface area (Å²) < 4.78 is 32.5. The van der Waals surface area contributed by atoms with E-state index in [1.54, 1.807) is 0 Å². The molecule has 0 amide bonds. The molecule has 0 aromatic rings. The van der Waals surface area contributed by atoms with E-state index in [2.05, 4.69) is 26.0 Å². The second-order valence-electron chi connectivity index (χ2n) is 14.2. The standard InChI is InChI=1S/C41H80NO8P/c1-3-5-7-9-11-12-13-14-15-16-17-18-19-20-21-22-23-24-25-26-28-29-31-33-40(43)47-37-39(38-49-51(45,46)48-36-35-42)50-41(44)34-32-30-27-10-8-6-4-2/h26,28,39H,3-25,27,29-38,42H2,1-2H3,(H,45,46)/b28-26+/t39-/m0/s1. The van der Waals surface area contributed by atoms with Gasteiger partial charge in [0.1, 0.15) is 6.61 Å². The lowest BCUT2D eigenvalue weighted by Gasteiger charge is -2.19. The Kier molecular flexibility index (Phi) is 37.5. The average Bonchev–Trinajstić information content (AvgIpc) is 3.11. The SMILES string of the molecule is CCCCCCCCCCCCCCCCCCCC/C=C/CCCC(=O)OC[C@@H](COP(=O)(O)OCCN)OC(=O)CCCCCCCCC. The van der Waals surface area contributed by atoms with Gasteiger partial charge in [0, 0.05) is 19.4 Å². The number of carbonyl (C=O) groups excluding carboxylic acids is 2. The van der Waals surface area contributed by atoms with Crippen LogP contribution in [-0.2, 0) is 32.7 Å². The van der Waals surface area contributed by atoms with Crippen molar-refractivity contribution in [2.24, 2.45) is 5.73 Å². The van der Waals surface area contributed by atoms with E-state index in [4.69, 9.17) is 24.3 Å². The van der Waals surface area contributed by atoms with Crippen molar-refractivity contribution < 1.29 is 37.6 Å². The number of carbonyl (C=O) groups is 2. The van der Waals surface area contributed by atoms with Crippen LogP contribution in [0.5, 0.6) is 0 Å². The second kappa shape index (κ2) is 38.5. The molecule has 3 N–H and O–H groups in total. The molecule has 0 aromatic carbocycles. The van der Waals surface area contributed by atoms with Crippen LogP contribution < -0.4 is 5.73 Å². The van der Waals surface area contributed by atoms with E-state index >= 15 is 0 Å². The minimum Gasteiger partial charge on any atom is -0.462 e. The molecule has 51 heavy (non-hydrogen) atoms. The van der Waals surface area contributed by atoms with Gasteiger partial charge in [-0.3, -0.25) is 18.6 Å². The summed E-state index contributed by atoms with van der Waals surface area (Å²) in [5.74, 6) is -0.865. The molecule has 302 valence electrons. The number of phosphoric acid groups is 1. The van der Waals surface area contributed by atoms with Crippen molar-refractivity contribution in [3.05, 3.63) is 12.2 Å². The van der Waals surface area contributed by atoms with E-state index in [1.165, 1.54) is 135 Å². The Hall–Kier alpha value is -1.25. The number of hydrogen-bond donors (Lipinski definition) is 2. The van der Waals surface area contributed by atoms with Crippen LogP contribution in [0.4, 0.5) is 0 Å². The van der Waals surface area contributed by atoms with Crippen LogP contribution in [0.15, 0.2) is 12.2 Å². The number of ether oxygens (including phenoxy) is 2. The van der Waals surface area contributed by atoms with Crippen LogP contribution in [0.2, 0.25) is 0 Å². The van der Waals surface area contributed by atoms with Crippen LogP contribution in [0.1, 0.15) is 206 Å². The maximum Gasteiger partial charge on any atom is 0.472 e. The van der Waals surface area contributed by atoms with Gasteiger partial charge in [0.2, 0.25) is 0 Å². The van der Waals surface area contributed by atoms with Crippen LogP contribution in [0.25, 0.3) is 0 Å². The summed E-state index contributed by atoms with van der Waals surface area (Å²) in [6, 6.07) is 0. The average molecular weight is 746 g/mol. The molecule has 0 heterocycles. The number of phosphoric ester groups is 1. The molecule has 9 nitrogen and oxygen atoms in total. The van der Waals surface area contributed by atoms with E-state index in [1.807, 2.05) is 0 Å². The van der Waals surface area contributed by atoms with Crippen LogP contribution >= 0.6 is 7.82 Å². The summed E-state index contributed by atoms with van der Waals surface area (Å²) in [6.07, 6.45) is 38.6. The van der Waals surface area contributed by atoms with Crippen molar-refractivity contribution in [1.29, 1.82) is 0 Å². The molecule has 0 spiro atoms. The maximum absolute atomic E-state index is 12.4. The number of esters is 2. The highest BCUT2D eigenvalue weighted by atomic mass is 31.2. The van der Waals surface area contributed by atoms with Gasteiger partial charge in [0.15, 0.2) is 6.10 Å². The molecule has 0 aliphatic rings. The van der Waals surface area contributed by atoms with Gasteiger partial charge in [-0.25, -0.2) is 4.57 Å². The minimum atomic E-state index is -4.37. The number of allylic oxidation sites excluding steroid dienone is 2. The van der Waals surface area contributed by atoms with Crippen molar-refractivity contribution in [3.63, 3.8) is 0 Å². The lowest BCUT2D eigenvalue weighted by atomic mass is 10.0. The van der Waals surface area contributed by atoms with E-state index in [9.17, 15) is 19.0 Å². The highest BCUT2D eigenvalue weighted by Crippen LogP contribution is 2.43. The summed E-state index contributed by atoms with van der Waals surface area (Å²) in [6.45, 7) is 3.67. The van der Waals surface area contributed by atoms with Gasteiger partial charge in [-0.2, -0.15) is 0 Å². The Morgan fingerprint density at radius 3 is 1.45 bits per heavy atom. The summed E-state index contributed by atoms with van der Waals surface area (Å²) in [5, 5.41) is 0. The Balaban J connectivity index is 3.96. The Bertz CT molecular complexity index is 856. The van der Waals surface area contributed by atoms with Gasteiger partial charge in [-0.15, -0.1) is 0 Å². The van der Waals surface area contributed by atoms with Crippen molar-refractivity contribution in [1.82, 2.24) is 0 Å². The van der Waals surface area contributed by atoms with Gasteiger partial charge < -0.3 is 20.1 Å². The highest BCUT2D eigenvalue weighted by molar-refractivity contribution is 7.47. The van der Waals surface area contributed by atoms with Crippen molar-refractivity contribution in [2.75, 3.05) is 26.4 Å². The third-order valence-electron chi connectivity index (χ3n) is 9.15. The topological polar surface area (TPSA) is 134 Å². The summed E-state index contributed by atoms with van der Waals surface area (Å²) in [7, 11) is -4.37. The number of nitrogens with two attached hydrogens (primary N) is 1. The quantitative estimate of drug-likeness (QED) is 0.0272. The van der Waals surface area contributed by atoms with Crippen LogP contribution in [0, 0.1) is 0 Å². The van der Waals surface area contributed by atoms with Crippen molar-refractivity contribution in [3.8, 4) is 0 Å². The molecule has 10 heteroatoms. The lowest BCUT2D eigenvalue weighted by molar-refractivity contribution is -0.161. The first-order valence-corrected chi connectivity index (χ1v) is 22.7. The molecular weight excluding hydrogens is 665 g/mol. The van der Waals surface area contributed by atoms with Crippen LogP contribution in [-0.4, -0.2) is 49.3 Å². The molecule has 1 unspecified atom stereocenters. The van der Waals surface area contributed by atoms with E-state index in [-0.39, 0.29) is 32.6 Å². The summed E-state index contributed by atoms with van der Waals surface area (Å²) in [4.78, 5) is 34.6. The smallest absolute Gasteiger partial charge is 0.462 e. The largest absolute Gasteiger partial charge is 0.472 e. The van der Waals surface area contributed by atoms with E-state index in [0.29, 0.717) is 12.8 Å². The molecule has 2 atom stereocenters. The van der Waals surface area contributed by atoms with Crippen LogP contribution in [0.3, 0.4) is 0 Å². The van der Waals surface area contributed by atoms with Gasteiger partial charge in [-0.1, -0.05) is 174 Å². The predicted octanol–water partition coefficient (Wildman–Crippen LogP) is 11.8. The molecule has 0 fully saturated rings. The third kappa shape index (κ3) is 38.3. The molecule has 0 aliphatic carbocycles. The third-order valence-corrected chi connectivity index (χ3v) is 10.1. The molecular formula is C41H80NO8P. The predicted molar refractivity (Wildman–Crippen MR) is 211 cm³/mol. The number of rotatable bonds is 40. The van der Waals surface area contributed by atoms with Gasteiger partial charge in [0.05, 0.1) is 13.2 Å². The van der Waals surface area contributed by atoms with E-state index < -0.39 is 32.5 Å². The van der Waals surface area contributed by atoms with E-state index in [0.717, 1.165) is 32.1 Å². The fourth-order valence-corrected chi connectivity index (χ4v) is 6.76. The zero-order chi connectivity index (χ0) is 37.5. The lowest BCUT2D eigenvalue weighted by Crippen LogP contribution is -2.29. The maximum atomic E-state index is 12.4. The van der Waals surface area contributed by atoms with Crippen molar-refractivity contribution >= 4 is 19.8 Å².